The molecule has 1 saturated heterocycles. The van der Waals surface area contributed by atoms with Gasteiger partial charge < -0.3 is 0 Å². The molecular formula is C22H25ClN2O2S. The Labute approximate surface area is 172 Å². The van der Waals surface area contributed by atoms with Crippen LogP contribution in [0.2, 0.25) is 0 Å². The van der Waals surface area contributed by atoms with Gasteiger partial charge in [-0.05, 0) is 63.5 Å². The number of para-hydroxylation sites is 1. The minimum atomic E-state index is -3.57. The number of likely N-dealkylation sites (tertiary alicyclic amines) is 1. The molecule has 0 saturated carbocycles. The fourth-order valence-corrected chi connectivity index (χ4v) is 5.22. The predicted molar refractivity (Wildman–Crippen MR) is 115 cm³/mol. The second-order valence-corrected chi connectivity index (χ2v) is 9.57. The van der Waals surface area contributed by atoms with Crippen LogP contribution in [-0.4, -0.2) is 31.4 Å². The van der Waals surface area contributed by atoms with Crippen LogP contribution in [0.1, 0.15) is 32.3 Å². The van der Waals surface area contributed by atoms with Gasteiger partial charge in [-0.25, -0.2) is 8.42 Å². The van der Waals surface area contributed by atoms with Crippen LogP contribution in [0.3, 0.4) is 0 Å². The number of sulfone groups is 1. The molecule has 0 unspecified atom stereocenters. The molecular weight excluding hydrogens is 392 g/mol. The highest BCUT2D eigenvalue weighted by Gasteiger charge is 2.32. The second-order valence-electron chi connectivity index (χ2n) is 7.62. The summed E-state index contributed by atoms with van der Waals surface area (Å²) in [4.78, 5) is 7.61. The molecule has 0 atom stereocenters. The fourth-order valence-electron chi connectivity index (χ4n) is 3.96. The molecule has 4 nitrogen and oxygen atoms in total. The average Bonchev–Trinajstić information content (AvgIpc) is 3.23. The maximum absolute atomic E-state index is 12.9. The highest BCUT2D eigenvalue weighted by Crippen LogP contribution is 2.35. The normalized spacial score (nSPS) is 15.5. The molecule has 1 fully saturated rings. The SMILES string of the molecule is CC(C)(c1cccc2cc(S(=O)(=O)c3ccccc3)cnc12)N1CCCC1.Cl. The summed E-state index contributed by atoms with van der Waals surface area (Å²) in [5.41, 5.74) is 1.88. The Hall–Kier alpha value is -1.95. The molecule has 148 valence electrons. The Morgan fingerprint density at radius 3 is 2.29 bits per heavy atom. The summed E-state index contributed by atoms with van der Waals surface area (Å²) in [6.45, 7) is 6.63. The quantitative estimate of drug-likeness (QED) is 0.611. The van der Waals surface area contributed by atoms with Crippen molar-refractivity contribution in [3.05, 3.63) is 66.4 Å². The van der Waals surface area contributed by atoms with Gasteiger partial charge in [0.1, 0.15) is 0 Å². The van der Waals surface area contributed by atoms with Gasteiger partial charge in [-0.15, -0.1) is 12.4 Å². The molecule has 2 heterocycles. The van der Waals surface area contributed by atoms with Crippen molar-refractivity contribution in [2.75, 3.05) is 13.1 Å². The van der Waals surface area contributed by atoms with E-state index in [2.05, 4.69) is 29.8 Å². The van der Waals surface area contributed by atoms with E-state index >= 15 is 0 Å². The van der Waals surface area contributed by atoms with E-state index in [9.17, 15) is 8.42 Å². The zero-order valence-corrected chi connectivity index (χ0v) is 17.8. The Balaban J connectivity index is 0.00000225. The first-order chi connectivity index (χ1) is 12.9. The van der Waals surface area contributed by atoms with Gasteiger partial charge in [-0.3, -0.25) is 9.88 Å². The van der Waals surface area contributed by atoms with Crippen LogP contribution in [0, 0.1) is 0 Å². The van der Waals surface area contributed by atoms with E-state index in [0.717, 1.165) is 29.6 Å². The molecule has 0 amide bonds. The van der Waals surface area contributed by atoms with Crippen LogP contribution in [0.15, 0.2) is 70.6 Å². The van der Waals surface area contributed by atoms with Gasteiger partial charge in [0.05, 0.1) is 15.3 Å². The number of fused-ring (bicyclic) bond motifs is 1. The third kappa shape index (κ3) is 3.54. The molecule has 1 aromatic heterocycles. The van der Waals surface area contributed by atoms with Crippen molar-refractivity contribution in [3.8, 4) is 0 Å². The lowest BCUT2D eigenvalue weighted by Crippen LogP contribution is -2.39. The summed E-state index contributed by atoms with van der Waals surface area (Å²) in [6.07, 6.45) is 3.94. The van der Waals surface area contributed by atoms with Crippen molar-refractivity contribution >= 4 is 33.1 Å². The molecule has 0 radical (unpaired) electrons. The third-order valence-corrected chi connectivity index (χ3v) is 7.34. The van der Waals surface area contributed by atoms with E-state index in [1.54, 1.807) is 30.3 Å². The largest absolute Gasteiger partial charge is 0.294 e. The maximum Gasteiger partial charge on any atom is 0.208 e. The zero-order valence-electron chi connectivity index (χ0n) is 16.1. The van der Waals surface area contributed by atoms with Crippen LogP contribution in [0.5, 0.6) is 0 Å². The smallest absolute Gasteiger partial charge is 0.208 e. The van der Waals surface area contributed by atoms with E-state index in [-0.39, 0.29) is 22.8 Å². The van der Waals surface area contributed by atoms with Crippen molar-refractivity contribution < 1.29 is 8.42 Å². The van der Waals surface area contributed by atoms with Crippen LogP contribution in [0.25, 0.3) is 10.9 Å². The van der Waals surface area contributed by atoms with E-state index in [1.807, 2.05) is 18.2 Å². The summed E-state index contributed by atoms with van der Waals surface area (Å²) in [7, 11) is -3.57. The molecule has 1 aliphatic heterocycles. The van der Waals surface area contributed by atoms with E-state index in [4.69, 9.17) is 0 Å². The summed E-state index contributed by atoms with van der Waals surface area (Å²) in [6, 6.07) is 16.3. The summed E-state index contributed by atoms with van der Waals surface area (Å²) < 4.78 is 25.8. The highest BCUT2D eigenvalue weighted by molar-refractivity contribution is 7.91. The van der Waals surface area contributed by atoms with Gasteiger partial charge in [-0.1, -0.05) is 36.4 Å². The minimum Gasteiger partial charge on any atom is -0.294 e. The molecule has 4 rings (SSSR count). The average molecular weight is 417 g/mol. The Bertz CT molecular complexity index is 1080. The zero-order chi connectivity index (χ0) is 19.1. The van der Waals surface area contributed by atoms with Gasteiger partial charge in [0.25, 0.3) is 0 Å². The summed E-state index contributed by atoms with van der Waals surface area (Å²) in [5, 5.41) is 0.858. The molecule has 28 heavy (non-hydrogen) atoms. The Kier molecular flexibility index (Phi) is 5.80. The molecule has 2 aromatic carbocycles. The van der Waals surface area contributed by atoms with Crippen molar-refractivity contribution in [2.24, 2.45) is 0 Å². The Morgan fingerprint density at radius 1 is 0.929 bits per heavy atom. The summed E-state index contributed by atoms with van der Waals surface area (Å²) >= 11 is 0. The number of aromatic nitrogens is 1. The predicted octanol–water partition coefficient (Wildman–Crippen LogP) is 4.82. The second kappa shape index (κ2) is 7.82. The molecule has 0 aliphatic carbocycles. The number of hydrogen-bond donors (Lipinski definition) is 0. The molecule has 0 spiro atoms. The number of pyridine rings is 1. The van der Waals surface area contributed by atoms with Gasteiger partial charge >= 0.3 is 0 Å². The van der Waals surface area contributed by atoms with Gasteiger partial charge in [0.15, 0.2) is 0 Å². The van der Waals surface area contributed by atoms with Crippen molar-refractivity contribution in [3.63, 3.8) is 0 Å². The third-order valence-electron chi connectivity index (χ3n) is 5.61. The number of nitrogens with zero attached hydrogens (tertiary/aromatic N) is 2. The van der Waals surface area contributed by atoms with Crippen LogP contribution in [0.4, 0.5) is 0 Å². The topological polar surface area (TPSA) is 50.3 Å². The first kappa shape index (κ1) is 20.8. The van der Waals surface area contributed by atoms with Gasteiger partial charge in [-0.2, -0.15) is 0 Å². The number of halogens is 1. The number of rotatable bonds is 4. The fraction of sp³-hybridized carbons (Fsp3) is 0.318. The molecule has 3 aromatic rings. The molecule has 0 bridgehead atoms. The number of benzene rings is 2. The van der Waals surface area contributed by atoms with E-state index < -0.39 is 9.84 Å². The lowest BCUT2D eigenvalue weighted by molar-refractivity contribution is 0.157. The molecule has 0 N–H and O–H groups in total. The van der Waals surface area contributed by atoms with Crippen LogP contribution in [-0.2, 0) is 15.4 Å². The number of hydrogen-bond acceptors (Lipinski definition) is 4. The molecule has 6 heteroatoms. The van der Waals surface area contributed by atoms with Crippen molar-refractivity contribution in [2.45, 2.75) is 42.0 Å². The van der Waals surface area contributed by atoms with E-state index in [1.165, 1.54) is 19.0 Å². The minimum absolute atomic E-state index is 0. The maximum atomic E-state index is 12.9. The van der Waals surface area contributed by atoms with E-state index in [0.29, 0.717) is 4.90 Å². The lowest BCUT2D eigenvalue weighted by atomic mass is 9.90. The highest BCUT2D eigenvalue weighted by atomic mass is 35.5. The lowest BCUT2D eigenvalue weighted by Gasteiger charge is -2.36. The first-order valence-electron chi connectivity index (χ1n) is 9.35. The first-order valence-corrected chi connectivity index (χ1v) is 10.8. The van der Waals surface area contributed by atoms with Gasteiger partial charge in [0, 0.05) is 17.1 Å². The Morgan fingerprint density at radius 2 is 1.61 bits per heavy atom. The monoisotopic (exact) mass is 416 g/mol. The van der Waals surface area contributed by atoms with Gasteiger partial charge in [0.2, 0.25) is 9.84 Å². The standard InChI is InChI=1S/C22H24N2O2S.ClH/c1-22(2,24-13-6-7-14-24)20-12-8-9-17-15-19(16-23-21(17)20)27(25,26)18-10-4-3-5-11-18;/h3-5,8-12,15-16H,6-7,13-14H2,1-2H3;1H. The van der Waals surface area contributed by atoms with Crippen LogP contribution >= 0.6 is 12.4 Å². The molecule has 1 aliphatic rings. The van der Waals surface area contributed by atoms with Crippen molar-refractivity contribution in [1.82, 2.24) is 9.88 Å². The summed E-state index contributed by atoms with van der Waals surface area (Å²) in [5.74, 6) is 0. The van der Waals surface area contributed by atoms with Crippen molar-refractivity contribution in [1.29, 1.82) is 0 Å². The van der Waals surface area contributed by atoms with Crippen LogP contribution < -0.4 is 0 Å².